The molecule has 0 unspecified atom stereocenters. The van der Waals surface area contributed by atoms with Crippen LogP contribution in [-0.2, 0) is 16.3 Å². The molecule has 2 rings (SSSR count). The van der Waals surface area contributed by atoms with E-state index in [1.54, 1.807) is 0 Å². The van der Waals surface area contributed by atoms with E-state index in [0.717, 1.165) is 18.5 Å². The van der Waals surface area contributed by atoms with Crippen molar-refractivity contribution in [3.8, 4) is 0 Å². The molecule has 0 atom stereocenters. The molecule has 2 heterocycles. The van der Waals surface area contributed by atoms with Gasteiger partial charge in [0, 0.05) is 6.04 Å². The first-order chi connectivity index (χ1) is 9.43. The molecule has 1 aromatic rings. The number of sulfone groups is 1. The van der Waals surface area contributed by atoms with Gasteiger partial charge in [-0.15, -0.1) is 0 Å². The monoisotopic (exact) mass is 300 g/mol. The Bertz CT molecular complexity index is 580. The lowest BCUT2D eigenvalue weighted by atomic mass is 10.1. The minimum Gasteiger partial charge on any atom is -0.395 e. The smallest absolute Gasteiger partial charge is 0.274 e. The lowest BCUT2D eigenvalue weighted by molar-refractivity contribution is 0.0930. The summed E-state index contributed by atoms with van der Waals surface area (Å²) in [6.45, 7) is 2.02. The van der Waals surface area contributed by atoms with Crippen molar-refractivity contribution in [1.82, 2.24) is 15.5 Å². The molecular formula is C12H20N4O3S. The Morgan fingerprint density at radius 2 is 2.10 bits per heavy atom. The number of hydrogen-bond acceptors (Lipinski definition) is 5. The summed E-state index contributed by atoms with van der Waals surface area (Å²) in [7, 11) is -2.93. The highest BCUT2D eigenvalue weighted by Gasteiger charge is 2.26. The summed E-state index contributed by atoms with van der Waals surface area (Å²) in [6, 6.07) is -0.128. The molecule has 7 nitrogen and oxygen atoms in total. The minimum absolute atomic E-state index is 0.120. The van der Waals surface area contributed by atoms with Crippen molar-refractivity contribution in [2.75, 3.05) is 17.2 Å². The Balaban J connectivity index is 1.99. The Labute approximate surface area is 118 Å². The highest BCUT2D eigenvalue weighted by atomic mass is 32.2. The van der Waals surface area contributed by atoms with Crippen molar-refractivity contribution in [2.45, 2.75) is 38.6 Å². The molecular weight excluding hydrogens is 280 g/mol. The number of H-pyrrole nitrogens is 1. The van der Waals surface area contributed by atoms with Crippen LogP contribution in [-0.4, -0.2) is 42.1 Å². The molecule has 1 aromatic heterocycles. The molecule has 0 spiro atoms. The SMILES string of the molecule is CCCc1[nH]nc(C(=O)NC2CCS(=O)(=O)CC2)c1N. The average Bonchev–Trinajstić information content (AvgIpc) is 2.74. The molecule has 20 heavy (non-hydrogen) atoms. The van der Waals surface area contributed by atoms with Crippen molar-refractivity contribution in [1.29, 1.82) is 0 Å². The fourth-order valence-electron chi connectivity index (χ4n) is 2.29. The first-order valence-corrected chi connectivity index (χ1v) is 8.59. The van der Waals surface area contributed by atoms with Crippen LogP contribution in [0.1, 0.15) is 42.4 Å². The third-order valence-electron chi connectivity index (χ3n) is 3.49. The second-order valence-corrected chi connectivity index (χ2v) is 7.42. The quantitative estimate of drug-likeness (QED) is 0.736. The maximum atomic E-state index is 12.1. The fourth-order valence-corrected chi connectivity index (χ4v) is 3.78. The standard InChI is InChI=1S/C12H20N4O3S/c1-2-3-9-10(13)11(16-15-9)12(17)14-8-4-6-20(18,19)7-5-8/h8H,2-7,13H2,1H3,(H,14,17)(H,15,16). The summed E-state index contributed by atoms with van der Waals surface area (Å²) in [5.74, 6) is -0.102. The van der Waals surface area contributed by atoms with Crippen molar-refractivity contribution in [3.63, 3.8) is 0 Å². The van der Waals surface area contributed by atoms with Gasteiger partial charge in [0.25, 0.3) is 5.91 Å². The Morgan fingerprint density at radius 1 is 1.45 bits per heavy atom. The summed E-state index contributed by atoms with van der Waals surface area (Å²) in [6.07, 6.45) is 2.54. The third-order valence-corrected chi connectivity index (χ3v) is 5.20. The summed E-state index contributed by atoms with van der Waals surface area (Å²) in [5.41, 5.74) is 7.23. The Hall–Kier alpha value is -1.57. The van der Waals surface area contributed by atoms with Crippen molar-refractivity contribution in [3.05, 3.63) is 11.4 Å². The topological polar surface area (TPSA) is 118 Å². The zero-order valence-corrected chi connectivity index (χ0v) is 12.3. The van der Waals surface area contributed by atoms with Gasteiger partial charge in [-0.3, -0.25) is 9.89 Å². The maximum Gasteiger partial charge on any atom is 0.274 e. The van der Waals surface area contributed by atoms with E-state index in [1.165, 1.54) is 0 Å². The van der Waals surface area contributed by atoms with Crippen LogP contribution in [0.15, 0.2) is 0 Å². The molecule has 112 valence electrons. The largest absolute Gasteiger partial charge is 0.395 e. The first-order valence-electron chi connectivity index (χ1n) is 6.77. The van der Waals surface area contributed by atoms with Gasteiger partial charge in [0.05, 0.1) is 22.9 Å². The molecule has 1 saturated heterocycles. The van der Waals surface area contributed by atoms with Gasteiger partial charge >= 0.3 is 0 Å². The van der Waals surface area contributed by atoms with E-state index in [-0.39, 0.29) is 29.1 Å². The molecule has 1 amide bonds. The number of aromatic nitrogens is 2. The van der Waals surface area contributed by atoms with Crippen LogP contribution in [0.25, 0.3) is 0 Å². The number of amides is 1. The highest BCUT2D eigenvalue weighted by molar-refractivity contribution is 7.91. The van der Waals surface area contributed by atoms with E-state index >= 15 is 0 Å². The maximum absolute atomic E-state index is 12.1. The van der Waals surface area contributed by atoms with Crippen molar-refractivity contribution < 1.29 is 13.2 Å². The first kappa shape index (κ1) is 14.8. The number of rotatable bonds is 4. The molecule has 4 N–H and O–H groups in total. The van der Waals surface area contributed by atoms with Gasteiger partial charge in [-0.25, -0.2) is 8.42 Å². The summed E-state index contributed by atoms with van der Waals surface area (Å²) >= 11 is 0. The van der Waals surface area contributed by atoms with Gasteiger partial charge in [0.15, 0.2) is 5.69 Å². The zero-order valence-electron chi connectivity index (χ0n) is 11.5. The molecule has 8 heteroatoms. The number of anilines is 1. The van der Waals surface area contributed by atoms with E-state index in [4.69, 9.17) is 5.73 Å². The van der Waals surface area contributed by atoms with E-state index < -0.39 is 9.84 Å². The molecule has 0 bridgehead atoms. The van der Waals surface area contributed by atoms with Crippen LogP contribution in [0.5, 0.6) is 0 Å². The Kier molecular flexibility index (Phi) is 4.32. The summed E-state index contributed by atoms with van der Waals surface area (Å²) < 4.78 is 22.7. The van der Waals surface area contributed by atoms with Gasteiger partial charge in [-0.2, -0.15) is 5.10 Å². The lowest BCUT2D eigenvalue weighted by Crippen LogP contribution is -2.41. The predicted octanol–water partition coefficient (Wildman–Crippen LogP) is 0.251. The number of carbonyl (C=O) groups is 1. The van der Waals surface area contributed by atoms with Crippen LogP contribution in [0.2, 0.25) is 0 Å². The van der Waals surface area contributed by atoms with Crippen LogP contribution in [0.3, 0.4) is 0 Å². The average molecular weight is 300 g/mol. The predicted molar refractivity (Wildman–Crippen MR) is 76.1 cm³/mol. The highest BCUT2D eigenvalue weighted by Crippen LogP contribution is 2.17. The normalized spacial score (nSPS) is 18.9. The second-order valence-electron chi connectivity index (χ2n) is 5.11. The number of nitrogens with two attached hydrogens (primary N) is 1. The minimum atomic E-state index is -2.93. The number of nitrogens with zero attached hydrogens (tertiary/aromatic N) is 1. The van der Waals surface area contributed by atoms with Crippen molar-refractivity contribution in [2.24, 2.45) is 0 Å². The Morgan fingerprint density at radius 3 is 2.70 bits per heavy atom. The van der Waals surface area contributed by atoms with Gasteiger partial charge in [0.1, 0.15) is 9.84 Å². The fraction of sp³-hybridized carbons (Fsp3) is 0.667. The van der Waals surface area contributed by atoms with E-state index in [2.05, 4.69) is 15.5 Å². The van der Waals surface area contributed by atoms with Crippen molar-refractivity contribution >= 4 is 21.4 Å². The number of carbonyl (C=O) groups excluding carboxylic acids is 1. The van der Waals surface area contributed by atoms with Crippen LogP contribution < -0.4 is 11.1 Å². The van der Waals surface area contributed by atoms with Crippen LogP contribution in [0.4, 0.5) is 5.69 Å². The lowest BCUT2D eigenvalue weighted by Gasteiger charge is -2.22. The van der Waals surface area contributed by atoms with Crippen LogP contribution in [0, 0.1) is 0 Å². The van der Waals surface area contributed by atoms with E-state index in [0.29, 0.717) is 18.5 Å². The molecule has 0 radical (unpaired) electrons. The second kappa shape index (κ2) is 5.82. The number of aryl methyl sites for hydroxylation is 1. The number of hydrogen-bond donors (Lipinski definition) is 3. The number of nitrogen functional groups attached to an aromatic ring is 1. The summed E-state index contributed by atoms with van der Waals surface area (Å²) in [5, 5.41) is 9.53. The molecule has 0 saturated carbocycles. The molecule has 1 aliphatic rings. The third kappa shape index (κ3) is 3.30. The van der Waals surface area contributed by atoms with Gasteiger partial charge in [0.2, 0.25) is 0 Å². The van der Waals surface area contributed by atoms with Gasteiger partial charge in [-0.1, -0.05) is 13.3 Å². The van der Waals surface area contributed by atoms with E-state index in [1.807, 2.05) is 6.92 Å². The molecule has 0 aromatic carbocycles. The molecule has 1 aliphatic heterocycles. The molecule has 0 aliphatic carbocycles. The number of aromatic amines is 1. The zero-order chi connectivity index (χ0) is 14.8. The van der Waals surface area contributed by atoms with Crippen LogP contribution >= 0.6 is 0 Å². The summed E-state index contributed by atoms with van der Waals surface area (Å²) in [4.78, 5) is 12.1. The van der Waals surface area contributed by atoms with E-state index in [9.17, 15) is 13.2 Å². The molecule has 1 fully saturated rings. The number of nitrogens with one attached hydrogen (secondary N) is 2. The van der Waals surface area contributed by atoms with Gasteiger partial charge < -0.3 is 11.1 Å². The van der Waals surface area contributed by atoms with Gasteiger partial charge in [-0.05, 0) is 19.3 Å².